The molecule has 6 nitrogen and oxygen atoms in total. The third-order valence-electron chi connectivity index (χ3n) is 2.47. The number of anilines is 1. The van der Waals surface area contributed by atoms with Crippen LogP contribution in [0.1, 0.15) is 0 Å². The lowest BCUT2D eigenvalue weighted by Gasteiger charge is -2.19. The van der Waals surface area contributed by atoms with Crippen LogP contribution in [0.2, 0.25) is 0 Å². The van der Waals surface area contributed by atoms with Gasteiger partial charge >= 0.3 is 6.03 Å². The first-order valence-corrected chi connectivity index (χ1v) is 5.35. The number of amides is 2. The van der Waals surface area contributed by atoms with Crippen LogP contribution in [0.5, 0.6) is 0 Å². The molecule has 0 aliphatic carbocycles. The van der Waals surface area contributed by atoms with E-state index in [-0.39, 0.29) is 5.96 Å². The second kappa shape index (κ2) is 4.70. The number of nitrogens with one attached hydrogen (secondary N) is 2. The normalized spacial score (nSPS) is 10.1. The number of pyridine rings is 1. The minimum atomic E-state index is -0.495. The highest BCUT2D eigenvalue weighted by Crippen LogP contribution is 2.17. The predicted octanol–water partition coefficient (Wildman–Crippen LogP) is 1.27. The van der Waals surface area contributed by atoms with Crippen molar-refractivity contribution in [1.29, 1.82) is 5.41 Å². The number of fused-ring (bicyclic) bond motifs is 1. The number of benzene rings is 1. The van der Waals surface area contributed by atoms with Gasteiger partial charge in [-0.2, -0.15) is 0 Å². The predicted molar refractivity (Wildman–Crippen MR) is 70.6 cm³/mol. The summed E-state index contributed by atoms with van der Waals surface area (Å²) in [7, 11) is 1.47. The fourth-order valence-corrected chi connectivity index (χ4v) is 1.63. The van der Waals surface area contributed by atoms with Crippen molar-refractivity contribution in [2.45, 2.75) is 0 Å². The molecule has 6 heteroatoms. The van der Waals surface area contributed by atoms with E-state index in [1.807, 2.05) is 30.3 Å². The molecular weight excluding hydrogens is 230 g/mol. The Labute approximate surface area is 104 Å². The van der Waals surface area contributed by atoms with E-state index in [1.54, 1.807) is 6.07 Å². The first kappa shape index (κ1) is 11.8. The van der Waals surface area contributed by atoms with Gasteiger partial charge in [0.1, 0.15) is 5.82 Å². The number of rotatable bonds is 1. The smallest absolute Gasteiger partial charge is 0.329 e. The summed E-state index contributed by atoms with van der Waals surface area (Å²) < 4.78 is 0. The SMILES string of the molecule is CNC(=O)N(C(=N)N)c1ccc2ccccc2n1. The third-order valence-corrected chi connectivity index (χ3v) is 2.47. The zero-order valence-electron chi connectivity index (χ0n) is 9.84. The van der Waals surface area contributed by atoms with Crippen LogP contribution in [-0.2, 0) is 0 Å². The van der Waals surface area contributed by atoms with E-state index in [2.05, 4.69) is 10.3 Å². The molecule has 1 aromatic carbocycles. The van der Waals surface area contributed by atoms with Gasteiger partial charge in [0.25, 0.3) is 0 Å². The number of guanidine groups is 1. The van der Waals surface area contributed by atoms with Crippen LogP contribution >= 0.6 is 0 Å². The number of hydrogen-bond acceptors (Lipinski definition) is 3. The van der Waals surface area contributed by atoms with Crippen molar-refractivity contribution in [3.8, 4) is 0 Å². The second-order valence-corrected chi connectivity index (χ2v) is 3.64. The van der Waals surface area contributed by atoms with Crippen molar-refractivity contribution in [3.63, 3.8) is 0 Å². The number of nitrogens with two attached hydrogens (primary N) is 1. The van der Waals surface area contributed by atoms with Crippen LogP contribution < -0.4 is 16.0 Å². The number of carbonyl (C=O) groups excluding carboxylic acids is 1. The van der Waals surface area contributed by atoms with Gasteiger partial charge in [0, 0.05) is 12.4 Å². The summed E-state index contributed by atoms with van der Waals surface area (Å²) in [6.07, 6.45) is 0. The molecule has 2 rings (SSSR count). The maximum atomic E-state index is 11.6. The summed E-state index contributed by atoms with van der Waals surface area (Å²) in [5.41, 5.74) is 6.14. The summed E-state index contributed by atoms with van der Waals surface area (Å²) in [6.45, 7) is 0. The van der Waals surface area contributed by atoms with Gasteiger partial charge in [-0.25, -0.2) is 14.7 Å². The highest BCUT2D eigenvalue weighted by Gasteiger charge is 2.18. The van der Waals surface area contributed by atoms with Gasteiger partial charge in [0.05, 0.1) is 5.52 Å². The van der Waals surface area contributed by atoms with Gasteiger partial charge in [0.2, 0.25) is 5.96 Å². The first-order valence-electron chi connectivity index (χ1n) is 5.35. The van der Waals surface area contributed by atoms with Gasteiger partial charge in [-0.1, -0.05) is 18.2 Å². The molecule has 0 atom stereocenters. The molecule has 0 aliphatic rings. The Balaban J connectivity index is 2.51. The number of urea groups is 1. The number of para-hydroxylation sites is 1. The molecular formula is C12H13N5O. The molecule has 18 heavy (non-hydrogen) atoms. The molecule has 2 amide bonds. The Morgan fingerprint density at radius 2 is 2.06 bits per heavy atom. The van der Waals surface area contributed by atoms with Gasteiger partial charge < -0.3 is 11.1 Å². The maximum Gasteiger partial charge on any atom is 0.329 e. The highest BCUT2D eigenvalue weighted by atomic mass is 16.2. The average Bonchev–Trinajstić information content (AvgIpc) is 2.38. The van der Waals surface area contributed by atoms with Crippen molar-refractivity contribution in [2.75, 3.05) is 11.9 Å². The van der Waals surface area contributed by atoms with Crippen molar-refractivity contribution < 1.29 is 4.79 Å². The fraction of sp³-hybridized carbons (Fsp3) is 0.0833. The summed E-state index contributed by atoms with van der Waals surface area (Å²) in [5, 5.41) is 10.8. The van der Waals surface area contributed by atoms with Crippen molar-refractivity contribution in [2.24, 2.45) is 5.73 Å². The number of nitrogens with zero attached hydrogens (tertiary/aromatic N) is 2. The largest absolute Gasteiger partial charge is 0.369 e. The monoisotopic (exact) mass is 243 g/mol. The number of hydrogen-bond donors (Lipinski definition) is 3. The first-order chi connectivity index (χ1) is 8.63. The fourth-order valence-electron chi connectivity index (χ4n) is 1.63. The van der Waals surface area contributed by atoms with E-state index in [1.165, 1.54) is 7.05 Å². The van der Waals surface area contributed by atoms with Crippen LogP contribution in [0, 0.1) is 5.41 Å². The molecule has 0 fully saturated rings. The van der Waals surface area contributed by atoms with E-state index in [0.717, 1.165) is 15.8 Å². The van der Waals surface area contributed by atoms with Crippen LogP contribution in [0.3, 0.4) is 0 Å². The highest BCUT2D eigenvalue weighted by molar-refractivity contribution is 6.13. The zero-order valence-corrected chi connectivity index (χ0v) is 9.84. The second-order valence-electron chi connectivity index (χ2n) is 3.64. The summed E-state index contributed by atoms with van der Waals surface area (Å²) in [6, 6.07) is 10.5. The molecule has 0 saturated heterocycles. The van der Waals surface area contributed by atoms with Crippen LogP contribution in [0.25, 0.3) is 10.9 Å². The molecule has 0 unspecified atom stereocenters. The molecule has 1 aromatic heterocycles. The molecule has 92 valence electrons. The Morgan fingerprint density at radius 1 is 1.33 bits per heavy atom. The molecule has 0 spiro atoms. The molecule has 0 aliphatic heterocycles. The molecule has 0 radical (unpaired) electrons. The van der Waals surface area contributed by atoms with E-state index in [4.69, 9.17) is 11.1 Å². The number of aromatic nitrogens is 1. The molecule has 4 N–H and O–H groups in total. The quantitative estimate of drug-likeness (QED) is 0.520. The lowest BCUT2D eigenvalue weighted by molar-refractivity contribution is 0.250. The van der Waals surface area contributed by atoms with Crippen molar-refractivity contribution in [1.82, 2.24) is 10.3 Å². The maximum absolute atomic E-state index is 11.6. The Morgan fingerprint density at radius 3 is 2.72 bits per heavy atom. The Bertz CT molecular complexity index is 610. The van der Waals surface area contributed by atoms with Crippen molar-refractivity contribution >= 4 is 28.7 Å². The lowest BCUT2D eigenvalue weighted by Crippen LogP contribution is -2.46. The summed E-state index contributed by atoms with van der Waals surface area (Å²) in [5.74, 6) is -0.0577. The van der Waals surface area contributed by atoms with E-state index >= 15 is 0 Å². The molecule has 1 heterocycles. The molecule has 2 aromatic rings. The third kappa shape index (κ3) is 2.08. The van der Waals surface area contributed by atoms with Gasteiger partial charge in [-0.15, -0.1) is 0 Å². The minimum Gasteiger partial charge on any atom is -0.369 e. The number of carbonyl (C=O) groups is 1. The van der Waals surface area contributed by atoms with Gasteiger partial charge in [-0.3, -0.25) is 5.41 Å². The standard InChI is InChI=1S/C12H13N5O/c1-15-12(18)17(11(13)14)10-7-6-8-4-2-3-5-9(8)16-10/h2-7H,1H3,(H3,13,14)(H,15,18). The molecule has 0 bridgehead atoms. The zero-order chi connectivity index (χ0) is 13.1. The van der Waals surface area contributed by atoms with Gasteiger partial charge in [-0.05, 0) is 18.2 Å². The molecule has 0 saturated carbocycles. The lowest BCUT2D eigenvalue weighted by atomic mass is 10.2. The van der Waals surface area contributed by atoms with Gasteiger partial charge in [0.15, 0.2) is 0 Å². The van der Waals surface area contributed by atoms with Crippen molar-refractivity contribution in [3.05, 3.63) is 36.4 Å². The topological polar surface area (TPSA) is 95.1 Å². The summed E-state index contributed by atoms with van der Waals surface area (Å²) >= 11 is 0. The van der Waals surface area contributed by atoms with Crippen LogP contribution in [0.15, 0.2) is 36.4 Å². The van der Waals surface area contributed by atoms with E-state index in [0.29, 0.717) is 5.82 Å². The average molecular weight is 243 g/mol. The summed E-state index contributed by atoms with van der Waals surface area (Å²) in [4.78, 5) is 17.0. The van der Waals surface area contributed by atoms with E-state index < -0.39 is 6.03 Å². The Kier molecular flexibility index (Phi) is 3.09. The van der Waals surface area contributed by atoms with E-state index in [9.17, 15) is 4.79 Å². The van der Waals surface area contributed by atoms with Crippen LogP contribution in [-0.4, -0.2) is 24.0 Å². The van der Waals surface area contributed by atoms with Crippen LogP contribution in [0.4, 0.5) is 10.6 Å². The minimum absolute atomic E-state index is 0.320. The Hall–Kier alpha value is -2.63.